The van der Waals surface area contributed by atoms with Crippen LogP contribution in [0.15, 0.2) is 79.4 Å². The molecule has 0 aromatic heterocycles. The lowest BCUT2D eigenvalue weighted by Crippen LogP contribution is -1.97. The maximum absolute atomic E-state index is 11.6. The molecular weight excluding hydrogens is 286 g/mol. The monoisotopic (exact) mass is 301 g/mol. The van der Waals surface area contributed by atoms with Gasteiger partial charge < -0.3 is 0 Å². The van der Waals surface area contributed by atoms with Crippen LogP contribution >= 0.6 is 0 Å². The van der Waals surface area contributed by atoms with E-state index >= 15 is 0 Å². The zero-order valence-corrected chi connectivity index (χ0v) is 12.5. The maximum atomic E-state index is 11.6. The molecule has 0 aliphatic carbocycles. The summed E-state index contributed by atoms with van der Waals surface area (Å²) in [4.78, 5) is 11.2. The van der Waals surface area contributed by atoms with Crippen molar-refractivity contribution in [2.45, 2.75) is 0 Å². The number of rotatable bonds is 4. The van der Waals surface area contributed by atoms with Crippen LogP contribution in [0.2, 0.25) is 0 Å². The van der Waals surface area contributed by atoms with E-state index in [1.54, 1.807) is 18.2 Å². The zero-order chi connectivity index (χ0) is 16.2. The first-order chi connectivity index (χ1) is 11.2. The summed E-state index contributed by atoms with van der Waals surface area (Å²) in [5.41, 5.74) is 4.19. The summed E-state index contributed by atoms with van der Waals surface area (Å²) in [6.07, 6.45) is 1.73. The summed E-state index contributed by atoms with van der Waals surface area (Å²) in [6.45, 7) is 3.86. The highest BCUT2D eigenvalue weighted by Crippen LogP contribution is 2.41. The summed E-state index contributed by atoms with van der Waals surface area (Å²) < 4.78 is 0. The van der Waals surface area contributed by atoms with Gasteiger partial charge in [0.1, 0.15) is 0 Å². The molecule has 0 spiro atoms. The lowest BCUT2D eigenvalue weighted by molar-refractivity contribution is -0.384. The molecule has 0 saturated heterocycles. The quantitative estimate of drug-likeness (QED) is 0.467. The predicted molar refractivity (Wildman–Crippen MR) is 94.1 cm³/mol. The zero-order valence-electron chi connectivity index (χ0n) is 12.5. The minimum atomic E-state index is -0.332. The van der Waals surface area contributed by atoms with E-state index in [9.17, 15) is 10.1 Å². The van der Waals surface area contributed by atoms with Crippen molar-refractivity contribution < 1.29 is 4.92 Å². The number of hydrogen-bond acceptors (Lipinski definition) is 2. The molecule has 0 heterocycles. The van der Waals surface area contributed by atoms with Gasteiger partial charge in [-0.2, -0.15) is 0 Å². The summed E-state index contributed by atoms with van der Waals surface area (Å²) in [5, 5.41) is 11.6. The number of nitro groups is 1. The highest BCUT2D eigenvalue weighted by Gasteiger charge is 2.22. The van der Waals surface area contributed by atoms with Gasteiger partial charge in [0.25, 0.3) is 5.69 Å². The van der Waals surface area contributed by atoms with Crippen LogP contribution in [0.5, 0.6) is 0 Å². The minimum absolute atomic E-state index is 0.0978. The lowest BCUT2D eigenvalue weighted by Gasteiger charge is -2.14. The third-order valence-electron chi connectivity index (χ3n) is 3.76. The van der Waals surface area contributed by atoms with Gasteiger partial charge in [-0.05, 0) is 22.8 Å². The van der Waals surface area contributed by atoms with E-state index in [0.717, 1.165) is 22.3 Å². The van der Waals surface area contributed by atoms with Crippen LogP contribution in [-0.4, -0.2) is 4.92 Å². The Kier molecular flexibility index (Phi) is 4.02. The van der Waals surface area contributed by atoms with E-state index in [1.807, 2.05) is 60.7 Å². The first kappa shape index (κ1) is 14.7. The first-order valence-corrected chi connectivity index (χ1v) is 7.27. The molecule has 3 rings (SSSR count). The average molecular weight is 301 g/mol. The third-order valence-corrected chi connectivity index (χ3v) is 3.76. The van der Waals surface area contributed by atoms with Gasteiger partial charge in [0, 0.05) is 11.6 Å². The molecule has 3 nitrogen and oxygen atoms in total. The normalized spacial score (nSPS) is 10.3. The van der Waals surface area contributed by atoms with Crippen molar-refractivity contribution in [3.05, 3.63) is 95.1 Å². The van der Waals surface area contributed by atoms with E-state index in [4.69, 9.17) is 0 Å². The Morgan fingerprint density at radius 3 is 1.78 bits per heavy atom. The second-order valence-corrected chi connectivity index (χ2v) is 5.12. The van der Waals surface area contributed by atoms with E-state index in [2.05, 4.69) is 6.58 Å². The Balaban J connectivity index is 2.42. The molecule has 0 saturated carbocycles. The van der Waals surface area contributed by atoms with Crippen LogP contribution < -0.4 is 0 Å². The van der Waals surface area contributed by atoms with Crippen molar-refractivity contribution in [2.75, 3.05) is 0 Å². The van der Waals surface area contributed by atoms with Crippen LogP contribution in [0.4, 0.5) is 5.69 Å². The molecule has 23 heavy (non-hydrogen) atoms. The van der Waals surface area contributed by atoms with Gasteiger partial charge >= 0.3 is 0 Å². The van der Waals surface area contributed by atoms with Crippen molar-refractivity contribution in [2.24, 2.45) is 0 Å². The second-order valence-electron chi connectivity index (χ2n) is 5.12. The van der Waals surface area contributed by atoms with Gasteiger partial charge in [-0.15, -0.1) is 0 Å². The first-order valence-electron chi connectivity index (χ1n) is 7.27. The van der Waals surface area contributed by atoms with Crippen molar-refractivity contribution in [3.63, 3.8) is 0 Å². The lowest BCUT2D eigenvalue weighted by atomic mass is 9.89. The molecule has 0 amide bonds. The van der Waals surface area contributed by atoms with Gasteiger partial charge in [-0.3, -0.25) is 10.1 Å². The van der Waals surface area contributed by atoms with Gasteiger partial charge in [-0.1, -0.05) is 73.3 Å². The molecule has 3 aromatic rings. The van der Waals surface area contributed by atoms with Gasteiger partial charge in [0.15, 0.2) is 0 Å². The van der Waals surface area contributed by atoms with Gasteiger partial charge in [0.05, 0.1) is 10.5 Å². The van der Waals surface area contributed by atoms with Crippen LogP contribution in [-0.2, 0) is 0 Å². The van der Waals surface area contributed by atoms with Gasteiger partial charge in [0.2, 0.25) is 0 Å². The largest absolute Gasteiger partial charge is 0.277 e. The fourth-order valence-corrected chi connectivity index (χ4v) is 2.74. The molecule has 0 N–H and O–H groups in total. The molecule has 0 aliphatic rings. The summed E-state index contributed by atoms with van der Waals surface area (Å²) in [5.74, 6) is 0. The Bertz CT molecular complexity index is 856. The van der Waals surface area contributed by atoms with E-state index in [1.165, 1.54) is 0 Å². The number of hydrogen-bond donors (Lipinski definition) is 0. The van der Waals surface area contributed by atoms with Crippen molar-refractivity contribution in [1.82, 2.24) is 0 Å². The average Bonchev–Trinajstić information content (AvgIpc) is 2.61. The fraction of sp³-hybridized carbons (Fsp3) is 0. The van der Waals surface area contributed by atoms with E-state index in [0.29, 0.717) is 5.56 Å². The van der Waals surface area contributed by atoms with Crippen LogP contribution in [0.1, 0.15) is 5.56 Å². The fourth-order valence-electron chi connectivity index (χ4n) is 2.74. The standard InChI is InChI=1S/C20H15NO2/c1-2-15-13-14-18(21(22)23)20(17-11-7-4-8-12-17)19(15)16-9-5-3-6-10-16/h2-14H,1H2. The summed E-state index contributed by atoms with van der Waals surface area (Å²) in [6, 6.07) is 22.4. The van der Waals surface area contributed by atoms with Crippen molar-refractivity contribution in [3.8, 4) is 22.3 Å². The molecule has 0 atom stereocenters. The van der Waals surface area contributed by atoms with E-state index in [-0.39, 0.29) is 10.6 Å². The third kappa shape index (κ3) is 2.77. The molecule has 3 heteroatoms. The van der Waals surface area contributed by atoms with Crippen LogP contribution in [0.3, 0.4) is 0 Å². The highest BCUT2D eigenvalue weighted by molar-refractivity contribution is 5.94. The molecule has 0 aliphatic heterocycles. The Labute approximate surface area is 134 Å². The second kappa shape index (κ2) is 6.28. The molecule has 0 bridgehead atoms. The molecule has 3 aromatic carbocycles. The Morgan fingerprint density at radius 1 is 0.783 bits per heavy atom. The number of benzene rings is 3. The van der Waals surface area contributed by atoms with Crippen molar-refractivity contribution >= 4 is 11.8 Å². The smallest absolute Gasteiger partial charge is 0.258 e. The van der Waals surface area contributed by atoms with Crippen LogP contribution in [0, 0.1) is 10.1 Å². The van der Waals surface area contributed by atoms with Crippen LogP contribution in [0.25, 0.3) is 28.3 Å². The van der Waals surface area contributed by atoms with Gasteiger partial charge in [-0.25, -0.2) is 0 Å². The minimum Gasteiger partial charge on any atom is -0.258 e. The number of nitro benzene ring substituents is 1. The Morgan fingerprint density at radius 2 is 1.30 bits per heavy atom. The summed E-state index contributed by atoms with van der Waals surface area (Å²) >= 11 is 0. The molecule has 0 unspecified atom stereocenters. The summed E-state index contributed by atoms with van der Waals surface area (Å²) in [7, 11) is 0. The van der Waals surface area contributed by atoms with E-state index < -0.39 is 0 Å². The SMILES string of the molecule is C=Cc1ccc([N+](=O)[O-])c(-c2ccccc2)c1-c1ccccc1. The molecule has 0 fully saturated rings. The van der Waals surface area contributed by atoms with Crippen molar-refractivity contribution in [1.29, 1.82) is 0 Å². The Hall–Kier alpha value is -3.20. The predicted octanol–water partition coefficient (Wildman–Crippen LogP) is 5.57. The maximum Gasteiger partial charge on any atom is 0.277 e. The topological polar surface area (TPSA) is 43.1 Å². The highest BCUT2D eigenvalue weighted by atomic mass is 16.6. The number of nitrogens with zero attached hydrogens (tertiary/aromatic N) is 1. The molecular formula is C20H15NO2. The molecule has 112 valence electrons. The molecule has 0 radical (unpaired) electrons.